The lowest BCUT2D eigenvalue weighted by Gasteiger charge is -2.18. The van der Waals surface area contributed by atoms with Crippen LogP contribution in [-0.4, -0.2) is 55.6 Å². The molecule has 3 N–H and O–H groups in total. The highest BCUT2D eigenvalue weighted by molar-refractivity contribution is 5.93. The van der Waals surface area contributed by atoms with E-state index < -0.39 is 23.6 Å². The van der Waals surface area contributed by atoms with Crippen LogP contribution < -0.4 is 11.1 Å². The molecule has 0 bridgehead atoms. The van der Waals surface area contributed by atoms with Crippen molar-refractivity contribution in [2.45, 2.75) is 99.8 Å². The maximum atomic E-state index is 14.3. The number of nitrogen functional groups attached to an aromatic ring is 1. The Balaban J connectivity index is 0.000000753. The first-order valence-corrected chi connectivity index (χ1v) is 18.8. The zero-order valence-corrected chi connectivity index (χ0v) is 36.3. The van der Waals surface area contributed by atoms with Gasteiger partial charge in [-0.15, -0.1) is 0 Å². The summed E-state index contributed by atoms with van der Waals surface area (Å²) in [6, 6.07) is 25.1. The predicted molar refractivity (Wildman–Crippen MR) is 227 cm³/mol. The largest absolute Gasteiger partial charge is 0.465 e. The zero-order valence-electron chi connectivity index (χ0n) is 36.3. The van der Waals surface area contributed by atoms with E-state index in [9.17, 15) is 32.8 Å². The van der Waals surface area contributed by atoms with E-state index in [0.29, 0.717) is 36.2 Å². The smallest absolute Gasteiger partial charge is 0.341 e. The topological polar surface area (TPSA) is 160 Å². The van der Waals surface area contributed by atoms with Gasteiger partial charge in [0.1, 0.15) is 28.6 Å². The molecule has 11 nitrogen and oxygen atoms in total. The second kappa shape index (κ2) is 26.7. The van der Waals surface area contributed by atoms with Gasteiger partial charge in [0.05, 0.1) is 25.6 Å². The molecular formula is C46H60F2N2O9. The summed E-state index contributed by atoms with van der Waals surface area (Å²) in [6.07, 6.45) is 1.74. The number of nitrogens with one attached hydrogen (secondary N) is 1. The molecule has 0 saturated carbocycles. The number of ether oxygens (including phenoxy) is 4. The van der Waals surface area contributed by atoms with Crippen LogP contribution in [0.25, 0.3) is 0 Å². The van der Waals surface area contributed by atoms with E-state index in [-0.39, 0.29) is 40.0 Å². The molecular weight excluding hydrogens is 763 g/mol. The van der Waals surface area contributed by atoms with Crippen LogP contribution in [-0.2, 0) is 35.1 Å². The van der Waals surface area contributed by atoms with Crippen molar-refractivity contribution in [3.63, 3.8) is 0 Å². The van der Waals surface area contributed by atoms with E-state index in [1.807, 2.05) is 90.1 Å². The van der Waals surface area contributed by atoms with Gasteiger partial charge < -0.3 is 30.0 Å². The van der Waals surface area contributed by atoms with E-state index in [4.69, 9.17) is 15.2 Å². The summed E-state index contributed by atoms with van der Waals surface area (Å²) < 4.78 is 46.5. The number of aryl methyl sites for hydroxylation is 2. The second-order valence-electron chi connectivity index (χ2n) is 14.5. The van der Waals surface area contributed by atoms with Crippen LogP contribution >= 0.6 is 0 Å². The lowest BCUT2D eigenvalue weighted by atomic mass is 10.1. The Hall–Kier alpha value is -6.11. The molecule has 0 spiro atoms. The Labute approximate surface area is 347 Å². The second-order valence-corrected chi connectivity index (χ2v) is 14.5. The van der Waals surface area contributed by atoms with Crippen LogP contribution in [0.1, 0.15) is 116 Å². The third kappa shape index (κ3) is 21.8. The average molecular weight is 823 g/mol. The van der Waals surface area contributed by atoms with Crippen molar-refractivity contribution in [2.24, 2.45) is 0 Å². The normalized spacial score (nSPS) is 10.1. The fraction of sp³-hybridized carbons (Fsp3) is 0.370. The molecule has 0 unspecified atom stereocenters. The summed E-state index contributed by atoms with van der Waals surface area (Å²) in [5, 5.41) is 2.99. The number of carbonyl (C=O) groups is 5. The zero-order chi connectivity index (χ0) is 45.3. The lowest BCUT2D eigenvalue weighted by molar-refractivity contribution is -0.155. The minimum Gasteiger partial charge on any atom is -0.465 e. The van der Waals surface area contributed by atoms with E-state index in [2.05, 4.69) is 14.8 Å². The molecule has 0 fully saturated rings. The third-order valence-corrected chi connectivity index (χ3v) is 7.19. The number of hydrogen-bond donors (Lipinski definition) is 2. The molecule has 4 rings (SSSR count). The fourth-order valence-corrected chi connectivity index (χ4v) is 4.36. The van der Waals surface area contributed by atoms with Gasteiger partial charge >= 0.3 is 23.9 Å². The number of rotatable bonds is 8. The number of methoxy groups -OCH3 is 2. The van der Waals surface area contributed by atoms with Crippen LogP contribution in [0, 0.1) is 25.5 Å². The molecule has 0 saturated heterocycles. The van der Waals surface area contributed by atoms with Crippen molar-refractivity contribution >= 4 is 41.5 Å². The number of aldehydes is 1. The summed E-state index contributed by atoms with van der Waals surface area (Å²) in [5.41, 5.74) is 7.60. The van der Waals surface area contributed by atoms with Crippen LogP contribution in [0.2, 0.25) is 0 Å². The minimum absolute atomic E-state index is 0.0226. The van der Waals surface area contributed by atoms with Gasteiger partial charge in [-0.3, -0.25) is 14.4 Å². The van der Waals surface area contributed by atoms with Crippen molar-refractivity contribution in [3.8, 4) is 0 Å². The molecule has 0 aliphatic rings. The molecule has 0 aromatic heterocycles. The number of nitrogens with two attached hydrogens (primary N) is 1. The average Bonchev–Trinajstić information content (AvgIpc) is 3.19. The quantitative estimate of drug-likeness (QED) is 0.0753. The van der Waals surface area contributed by atoms with E-state index in [1.165, 1.54) is 20.3 Å². The fourth-order valence-electron chi connectivity index (χ4n) is 4.36. The lowest BCUT2D eigenvalue weighted by Crippen LogP contribution is -2.23. The highest BCUT2D eigenvalue weighted by atomic mass is 19.1. The van der Waals surface area contributed by atoms with Gasteiger partial charge in [0.25, 0.3) is 0 Å². The summed E-state index contributed by atoms with van der Waals surface area (Å²) in [7, 11) is 2.44. The number of benzene rings is 4. The Morgan fingerprint density at radius 1 is 0.644 bits per heavy atom. The summed E-state index contributed by atoms with van der Waals surface area (Å²) in [6.45, 7) is 18.5. The van der Waals surface area contributed by atoms with E-state index in [0.717, 1.165) is 17.4 Å². The van der Waals surface area contributed by atoms with E-state index >= 15 is 0 Å². The molecule has 4 aromatic carbocycles. The van der Waals surface area contributed by atoms with Gasteiger partial charge in [0.15, 0.2) is 11.6 Å². The number of esters is 4. The maximum absolute atomic E-state index is 14.3. The van der Waals surface area contributed by atoms with Crippen LogP contribution in [0.15, 0.2) is 84.9 Å². The molecule has 4 aromatic rings. The standard InChI is InChI=1S/C16H16FNO2.C9H10FNO2.2C7H14O2.C7H6O/c1-11-8-9-13(15(17)14(11)16(19)20-2)18-10-12-6-4-3-5-7-12;1-5-3-4-6(11)8(10)7(5)9(12)13-2;2*1-5-6(8)9-7(2,3)4;8-6-7-4-2-1-3-5-7/h3-9,18H,10H2,1-2H3;3-4H,11H2,1-2H3;2*5H2,1-4H3;1-6H. The number of anilines is 2. The Morgan fingerprint density at radius 2 is 1.05 bits per heavy atom. The molecule has 0 aliphatic heterocycles. The van der Waals surface area contributed by atoms with E-state index in [1.54, 1.807) is 58.0 Å². The van der Waals surface area contributed by atoms with Crippen molar-refractivity contribution in [1.82, 2.24) is 0 Å². The van der Waals surface area contributed by atoms with Crippen molar-refractivity contribution < 1.29 is 51.7 Å². The molecule has 0 heterocycles. The highest BCUT2D eigenvalue weighted by Gasteiger charge is 2.19. The SMILES string of the molecule is CCC(=O)OC(C)(C)C.CCC(=O)OC(C)(C)C.COC(=O)c1c(C)ccc(N)c1F.COC(=O)c1c(C)ccc(NCc2ccccc2)c1F.O=Cc1ccccc1. The Morgan fingerprint density at radius 3 is 1.41 bits per heavy atom. The molecule has 322 valence electrons. The van der Waals surface area contributed by atoms with Gasteiger partial charge in [0, 0.05) is 24.9 Å². The first kappa shape index (κ1) is 52.9. The minimum atomic E-state index is -0.716. The molecule has 0 amide bonds. The number of halogens is 2. The highest BCUT2D eigenvalue weighted by Crippen LogP contribution is 2.23. The molecule has 0 radical (unpaired) electrons. The van der Waals surface area contributed by atoms with Gasteiger partial charge in [-0.05, 0) is 84.2 Å². The maximum Gasteiger partial charge on any atom is 0.341 e. The summed E-state index contributed by atoms with van der Waals surface area (Å²) >= 11 is 0. The van der Waals surface area contributed by atoms with Gasteiger partial charge in [-0.1, -0.05) is 86.6 Å². The number of hydrogen-bond acceptors (Lipinski definition) is 11. The molecule has 13 heteroatoms. The predicted octanol–water partition coefficient (Wildman–Crippen LogP) is 10.0. The van der Waals surface area contributed by atoms with Crippen molar-refractivity contribution in [3.05, 3.63) is 130 Å². The Kier molecular flexibility index (Phi) is 24.0. The first-order valence-electron chi connectivity index (χ1n) is 18.8. The van der Waals surface area contributed by atoms with Crippen LogP contribution in [0.5, 0.6) is 0 Å². The number of carbonyl (C=O) groups excluding carboxylic acids is 5. The van der Waals surface area contributed by atoms with Gasteiger partial charge in [-0.25, -0.2) is 18.4 Å². The van der Waals surface area contributed by atoms with Crippen LogP contribution in [0.3, 0.4) is 0 Å². The van der Waals surface area contributed by atoms with Crippen LogP contribution in [0.4, 0.5) is 20.2 Å². The van der Waals surface area contributed by atoms with Gasteiger partial charge in [0.2, 0.25) is 0 Å². The molecule has 0 aliphatic carbocycles. The van der Waals surface area contributed by atoms with Gasteiger partial charge in [-0.2, -0.15) is 0 Å². The summed E-state index contributed by atoms with van der Waals surface area (Å²) in [5.74, 6) is -2.93. The third-order valence-electron chi connectivity index (χ3n) is 7.19. The monoisotopic (exact) mass is 822 g/mol. The van der Waals surface area contributed by atoms with Crippen molar-refractivity contribution in [1.29, 1.82) is 0 Å². The molecule has 0 atom stereocenters. The summed E-state index contributed by atoms with van der Waals surface area (Å²) in [4.78, 5) is 53.9. The van der Waals surface area contributed by atoms with Crippen molar-refractivity contribution in [2.75, 3.05) is 25.3 Å². The first-order chi connectivity index (χ1) is 27.5. The Bertz CT molecular complexity index is 1900. The molecule has 59 heavy (non-hydrogen) atoms.